The number of hydrogen-bond acceptors (Lipinski definition) is 6. The van der Waals surface area contributed by atoms with Crippen molar-refractivity contribution in [2.24, 2.45) is 0 Å². The van der Waals surface area contributed by atoms with Gasteiger partial charge >= 0.3 is 5.97 Å². The van der Waals surface area contributed by atoms with E-state index in [4.69, 9.17) is 21.4 Å². The van der Waals surface area contributed by atoms with Crippen molar-refractivity contribution in [3.63, 3.8) is 0 Å². The highest BCUT2D eigenvalue weighted by Crippen LogP contribution is 2.42. The second kappa shape index (κ2) is 8.84. The van der Waals surface area contributed by atoms with Crippen molar-refractivity contribution >= 4 is 45.7 Å². The van der Waals surface area contributed by atoms with Crippen LogP contribution >= 0.6 is 22.9 Å². The number of amides is 1. The minimum atomic E-state index is -1.09. The van der Waals surface area contributed by atoms with E-state index in [2.05, 4.69) is 15.2 Å². The summed E-state index contributed by atoms with van der Waals surface area (Å²) in [5, 5.41) is 17.7. The maximum atomic E-state index is 13.6. The predicted molar refractivity (Wildman–Crippen MR) is 124 cm³/mol. The van der Waals surface area contributed by atoms with Crippen LogP contribution in [0.3, 0.4) is 0 Å². The highest BCUT2D eigenvalue weighted by Gasteiger charge is 2.36. The van der Waals surface area contributed by atoms with Crippen LogP contribution in [0.25, 0.3) is 10.9 Å². The summed E-state index contributed by atoms with van der Waals surface area (Å²) in [6.07, 6.45) is 0.785. The number of halogens is 1. The monoisotopic (exact) mass is 482 g/mol. The van der Waals surface area contributed by atoms with E-state index >= 15 is 0 Å². The lowest BCUT2D eigenvalue weighted by atomic mass is 9.96. The van der Waals surface area contributed by atoms with Crippen molar-refractivity contribution in [3.8, 4) is 5.75 Å². The molecule has 8 nitrogen and oxygen atoms in total. The van der Waals surface area contributed by atoms with Gasteiger partial charge in [0, 0.05) is 28.9 Å². The third-order valence-electron chi connectivity index (χ3n) is 5.63. The van der Waals surface area contributed by atoms with Gasteiger partial charge in [-0.25, -0.2) is 9.78 Å². The number of nitrogens with one attached hydrogen (secondary N) is 1. The Morgan fingerprint density at radius 2 is 2.12 bits per heavy atom. The normalized spacial score (nSPS) is 15.4. The van der Waals surface area contributed by atoms with Gasteiger partial charge in [-0.15, -0.1) is 11.3 Å². The lowest BCUT2D eigenvalue weighted by molar-refractivity contribution is -0.139. The molecule has 168 valence electrons. The average Bonchev–Trinajstić information content (AvgIpc) is 3.44. The Labute approximate surface area is 197 Å². The van der Waals surface area contributed by atoms with E-state index in [1.807, 2.05) is 24.3 Å². The van der Waals surface area contributed by atoms with E-state index in [0.29, 0.717) is 29.3 Å². The molecule has 1 aliphatic heterocycles. The van der Waals surface area contributed by atoms with Crippen LogP contribution in [0.4, 0.5) is 0 Å². The molecule has 0 fully saturated rings. The Morgan fingerprint density at radius 1 is 1.27 bits per heavy atom. The van der Waals surface area contributed by atoms with E-state index in [1.165, 1.54) is 11.3 Å². The van der Waals surface area contributed by atoms with E-state index < -0.39 is 18.6 Å². The molecule has 3 heterocycles. The number of benzene rings is 2. The number of para-hydroxylation sites is 1. The van der Waals surface area contributed by atoms with E-state index in [-0.39, 0.29) is 12.3 Å². The van der Waals surface area contributed by atoms with E-state index in [1.54, 1.807) is 28.6 Å². The topological polar surface area (TPSA) is 108 Å². The second-order valence-electron chi connectivity index (χ2n) is 7.66. The highest BCUT2D eigenvalue weighted by molar-refractivity contribution is 7.09. The van der Waals surface area contributed by atoms with Crippen LogP contribution in [0, 0.1) is 0 Å². The van der Waals surface area contributed by atoms with Gasteiger partial charge in [-0.1, -0.05) is 29.8 Å². The zero-order valence-corrected chi connectivity index (χ0v) is 18.9. The summed E-state index contributed by atoms with van der Waals surface area (Å²) < 4.78 is 5.56. The van der Waals surface area contributed by atoms with Crippen molar-refractivity contribution in [2.45, 2.75) is 18.9 Å². The first-order valence-corrected chi connectivity index (χ1v) is 11.5. The molecule has 2 aromatic heterocycles. The van der Waals surface area contributed by atoms with Crippen molar-refractivity contribution < 1.29 is 19.4 Å². The van der Waals surface area contributed by atoms with Gasteiger partial charge in [-0.05, 0) is 24.3 Å². The van der Waals surface area contributed by atoms with Gasteiger partial charge in [0.2, 0.25) is 5.91 Å². The van der Waals surface area contributed by atoms with Gasteiger partial charge in [-0.2, -0.15) is 5.10 Å². The fourth-order valence-electron chi connectivity index (χ4n) is 4.17. The molecule has 0 saturated heterocycles. The Balaban J connectivity index is 1.53. The van der Waals surface area contributed by atoms with Crippen molar-refractivity contribution in [1.29, 1.82) is 0 Å². The number of ether oxygens (including phenoxy) is 1. The number of hydrogen-bond donors (Lipinski definition) is 2. The molecule has 33 heavy (non-hydrogen) atoms. The second-order valence-corrected chi connectivity index (χ2v) is 8.99. The van der Waals surface area contributed by atoms with Gasteiger partial charge in [0.1, 0.15) is 5.75 Å². The lowest BCUT2D eigenvalue weighted by Crippen LogP contribution is -2.41. The standard InChI is InChI=1S/C23H19ClN4O4S/c24-13-5-6-19(32-11-21(30)31)15(9-13)22-23-17(25-12-33-23)7-8-28(22)20(29)10-18-14-3-1-2-4-16(14)26-27-18/h1-6,9,12,22H,7-8,10-11H2,(H,26,27)(H,30,31). The molecule has 0 bridgehead atoms. The van der Waals surface area contributed by atoms with Gasteiger partial charge < -0.3 is 14.7 Å². The summed E-state index contributed by atoms with van der Waals surface area (Å²) in [5.74, 6) is -0.799. The van der Waals surface area contributed by atoms with Crippen LogP contribution < -0.4 is 4.74 Å². The number of thiazole rings is 1. The first-order valence-electron chi connectivity index (χ1n) is 10.3. The van der Waals surface area contributed by atoms with Crippen molar-refractivity contribution in [1.82, 2.24) is 20.1 Å². The number of fused-ring (bicyclic) bond motifs is 2. The number of carboxylic acid groups (broad SMARTS) is 1. The van der Waals surface area contributed by atoms with Gasteiger partial charge in [-0.3, -0.25) is 9.89 Å². The Kier molecular flexibility index (Phi) is 5.74. The zero-order chi connectivity index (χ0) is 22.9. The highest BCUT2D eigenvalue weighted by atomic mass is 35.5. The smallest absolute Gasteiger partial charge is 0.341 e. The molecule has 5 rings (SSSR count). The number of carboxylic acids is 1. The van der Waals surface area contributed by atoms with Gasteiger partial charge in [0.25, 0.3) is 0 Å². The van der Waals surface area contributed by atoms with Crippen molar-refractivity contribution in [2.75, 3.05) is 13.2 Å². The summed E-state index contributed by atoms with van der Waals surface area (Å²) in [7, 11) is 0. The Hall–Kier alpha value is -3.43. The molecule has 4 aromatic rings. The minimum absolute atomic E-state index is 0.0855. The number of aliphatic carboxylic acids is 1. The molecule has 1 amide bonds. The summed E-state index contributed by atoms with van der Waals surface area (Å²) in [4.78, 5) is 31.9. The number of aromatic amines is 1. The summed E-state index contributed by atoms with van der Waals surface area (Å²) in [6, 6.07) is 12.2. The van der Waals surface area contributed by atoms with Crippen LogP contribution in [-0.4, -0.2) is 50.2 Å². The molecule has 1 aliphatic rings. The molecular weight excluding hydrogens is 464 g/mol. The molecule has 2 N–H and O–H groups in total. The Bertz CT molecular complexity index is 1350. The SMILES string of the molecule is O=C(O)COc1ccc(Cl)cc1C1c2scnc2CCN1C(=O)Cc1[nH]nc2ccccc12. The van der Waals surface area contributed by atoms with E-state index in [0.717, 1.165) is 27.2 Å². The summed E-state index contributed by atoms with van der Waals surface area (Å²) in [6.45, 7) is -0.0256. The number of aromatic nitrogens is 3. The fraction of sp³-hybridized carbons (Fsp3) is 0.217. The summed E-state index contributed by atoms with van der Waals surface area (Å²) in [5.41, 5.74) is 4.87. The number of nitrogens with zero attached hydrogens (tertiary/aromatic N) is 3. The molecule has 0 radical (unpaired) electrons. The molecule has 0 spiro atoms. The number of H-pyrrole nitrogens is 1. The maximum Gasteiger partial charge on any atom is 0.341 e. The number of rotatable bonds is 6. The first kappa shape index (κ1) is 21.4. The molecule has 0 aliphatic carbocycles. The minimum Gasteiger partial charge on any atom is -0.482 e. The molecule has 1 atom stereocenters. The van der Waals surface area contributed by atoms with Crippen LogP contribution in [0.5, 0.6) is 5.75 Å². The summed E-state index contributed by atoms with van der Waals surface area (Å²) >= 11 is 7.77. The van der Waals surface area contributed by atoms with Crippen molar-refractivity contribution in [3.05, 3.63) is 74.8 Å². The van der Waals surface area contributed by atoms with E-state index in [9.17, 15) is 9.59 Å². The van der Waals surface area contributed by atoms with Gasteiger partial charge in [0.15, 0.2) is 6.61 Å². The van der Waals surface area contributed by atoms with Crippen LogP contribution in [0.1, 0.15) is 27.9 Å². The molecule has 0 saturated carbocycles. The first-order chi connectivity index (χ1) is 16.0. The Morgan fingerprint density at radius 3 is 2.97 bits per heavy atom. The zero-order valence-electron chi connectivity index (χ0n) is 17.3. The third-order valence-corrected chi connectivity index (χ3v) is 6.79. The average molecular weight is 483 g/mol. The quantitative estimate of drug-likeness (QED) is 0.432. The maximum absolute atomic E-state index is 13.6. The van der Waals surface area contributed by atoms with Crippen LogP contribution in [0.2, 0.25) is 5.02 Å². The van der Waals surface area contributed by atoms with Gasteiger partial charge in [0.05, 0.1) is 39.8 Å². The largest absolute Gasteiger partial charge is 0.482 e. The third kappa shape index (κ3) is 4.17. The fourth-order valence-corrected chi connectivity index (χ4v) is 5.32. The number of carbonyl (C=O) groups excluding carboxylic acids is 1. The number of carbonyl (C=O) groups is 2. The predicted octanol–water partition coefficient (Wildman–Crippen LogP) is 3.85. The molecule has 10 heteroatoms. The van der Waals surface area contributed by atoms with Crippen LogP contribution in [-0.2, 0) is 22.4 Å². The molecule has 1 unspecified atom stereocenters. The molecular formula is C23H19ClN4O4S. The molecule has 2 aromatic carbocycles. The lowest BCUT2D eigenvalue weighted by Gasteiger charge is -2.36. The van der Waals surface area contributed by atoms with Crippen LogP contribution in [0.15, 0.2) is 48.0 Å².